The maximum Gasteiger partial charge on any atom is 0.153 e. The smallest absolute Gasteiger partial charge is 0.153 e. The average Bonchev–Trinajstić information content (AvgIpc) is 2.57. The molecule has 0 spiro atoms. The number of aromatic nitrogens is 2. The Balaban J connectivity index is 2.30. The predicted molar refractivity (Wildman–Crippen MR) is 67.6 cm³/mol. The van der Waals surface area contributed by atoms with Crippen molar-refractivity contribution in [3.8, 4) is 0 Å². The van der Waals surface area contributed by atoms with Crippen LogP contribution in [0, 0.1) is 13.8 Å². The molecule has 2 rings (SSSR count). The third kappa shape index (κ3) is 2.39. The van der Waals surface area contributed by atoms with Gasteiger partial charge in [0.25, 0.3) is 0 Å². The van der Waals surface area contributed by atoms with Crippen molar-refractivity contribution in [3.63, 3.8) is 0 Å². The zero-order valence-electron chi connectivity index (χ0n) is 9.77. The summed E-state index contributed by atoms with van der Waals surface area (Å²) in [5.41, 5.74) is 3.45. The highest BCUT2D eigenvalue weighted by molar-refractivity contribution is 6.30. The molecule has 0 fully saturated rings. The highest BCUT2D eigenvalue weighted by atomic mass is 35.5. The standard InChI is InChI=1S/C13H13ClN2O/c1-9-13(8-17)10(2)16(15-9)7-11-3-5-12(14)6-4-11/h3-6,8H,7H2,1-2H3. The van der Waals surface area contributed by atoms with Crippen molar-refractivity contribution in [2.45, 2.75) is 20.4 Å². The van der Waals surface area contributed by atoms with Crippen LogP contribution in [0.1, 0.15) is 27.3 Å². The molecule has 0 unspecified atom stereocenters. The highest BCUT2D eigenvalue weighted by Gasteiger charge is 2.10. The predicted octanol–water partition coefficient (Wildman–Crippen LogP) is 3.01. The molecule has 4 heteroatoms. The molecular weight excluding hydrogens is 236 g/mol. The number of nitrogens with zero attached hydrogens (tertiary/aromatic N) is 2. The second kappa shape index (κ2) is 4.72. The van der Waals surface area contributed by atoms with Gasteiger partial charge >= 0.3 is 0 Å². The van der Waals surface area contributed by atoms with Crippen LogP contribution in [0.2, 0.25) is 5.02 Å². The second-order valence-corrected chi connectivity index (χ2v) is 4.42. The Morgan fingerprint density at radius 3 is 2.47 bits per heavy atom. The van der Waals surface area contributed by atoms with Gasteiger partial charge in [-0.1, -0.05) is 23.7 Å². The van der Waals surface area contributed by atoms with Crippen LogP contribution in [-0.2, 0) is 6.54 Å². The summed E-state index contributed by atoms with van der Waals surface area (Å²) in [4.78, 5) is 10.9. The van der Waals surface area contributed by atoms with Gasteiger partial charge in [-0.05, 0) is 31.5 Å². The van der Waals surface area contributed by atoms with E-state index in [1.165, 1.54) is 0 Å². The number of carbonyl (C=O) groups excluding carboxylic acids is 1. The van der Waals surface area contributed by atoms with Crippen molar-refractivity contribution in [2.75, 3.05) is 0 Å². The fourth-order valence-corrected chi connectivity index (χ4v) is 1.92. The Morgan fingerprint density at radius 2 is 1.94 bits per heavy atom. The van der Waals surface area contributed by atoms with Gasteiger partial charge < -0.3 is 0 Å². The number of aryl methyl sites for hydroxylation is 1. The number of halogens is 1. The molecule has 1 heterocycles. The van der Waals surface area contributed by atoms with Crippen LogP contribution in [0.25, 0.3) is 0 Å². The molecule has 3 nitrogen and oxygen atoms in total. The van der Waals surface area contributed by atoms with Gasteiger partial charge in [0.05, 0.1) is 17.8 Å². The summed E-state index contributed by atoms with van der Waals surface area (Å²) >= 11 is 5.83. The third-order valence-corrected chi connectivity index (χ3v) is 3.05. The van der Waals surface area contributed by atoms with Gasteiger partial charge in [-0.3, -0.25) is 9.48 Å². The summed E-state index contributed by atoms with van der Waals surface area (Å²) in [7, 11) is 0. The zero-order chi connectivity index (χ0) is 12.4. The molecule has 0 aliphatic carbocycles. The van der Waals surface area contributed by atoms with Crippen molar-refractivity contribution in [2.24, 2.45) is 0 Å². The van der Waals surface area contributed by atoms with E-state index in [1.54, 1.807) is 0 Å². The molecule has 17 heavy (non-hydrogen) atoms. The normalized spacial score (nSPS) is 10.5. The number of aldehydes is 1. The highest BCUT2D eigenvalue weighted by Crippen LogP contribution is 2.14. The summed E-state index contributed by atoms with van der Waals surface area (Å²) in [6.07, 6.45) is 0.857. The molecular formula is C13H13ClN2O. The second-order valence-electron chi connectivity index (χ2n) is 3.99. The van der Waals surface area contributed by atoms with Crippen LogP contribution >= 0.6 is 11.6 Å². The lowest BCUT2D eigenvalue weighted by atomic mass is 10.2. The first-order valence-corrected chi connectivity index (χ1v) is 5.73. The molecule has 0 N–H and O–H groups in total. The van der Waals surface area contributed by atoms with Crippen molar-refractivity contribution < 1.29 is 4.79 Å². The van der Waals surface area contributed by atoms with E-state index in [9.17, 15) is 4.79 Å². The zero-order valence-corrected chi connectivity index (χ0v) is 10.5. The lowest BCUT2D eigenvalue weighted by Gasteiger charge is -2.04. The molecule has 0 saturated heterocycles. The molecule has 0 saturated carbocycles. The van der Waals surface area contributed by atoms with Gasteiger partial charge in [-0.15, -0.1) is 0 Å². The Kier molecular flexibility index (Phi) is 3.29. The lowest BCUT2D eigenvalue weighted by molar-refractivity contribution is 0.112. The molecule has 0 amide bonds. The molecule has 1 aromatic heterocycles. The van der Waals surface area contributed by atoms with Crippen LogP contribution in [0.4, 0.5) is 0 Å². The van der Waals surface area contributed by atoms with Gasteiger partial charge in [0.15, 0.2) is 6.29 Å². The van der Waals surface area contributed by atoms with Crippen molar-refractivity contribution >= 4 is 17.9 Å². The Hall–Kier alpha value is -1.61. The SMILES string of the molecule is Cc1nn(Cc2ccc(Cl)cc2)c(C)c1C=O. The number of hydrogen-bond donors (Lipinski definition) is 0. The Labute approximate surface area is 105 Å². The largest absolute Gasteiger partial charge is 0.298 e. The summed E-state index contributed by atoms with van der Waals surface area (Å²) in [6, 6.07) is 7.62. The van der Waals surface area contributed by atoms with Crippen LogP contribution in [0.15, 0.2) is 24.3 Å². The Bertz CT molecular complexity index is 543. The quantitative estimate of drug-likeness (QED) is 0.783. The number of rotatable bonds is 3. The van der Waals surface area contributed by atoms with Gasteiger partial charge in [0, 0.05) is 10.7 Å². The van der Waals surface area contributed by atoms with E-state index in [4.69, 9.17) is 11.6 Å². The average molecular weight is 249 g/mol. The Morgan fingerprint density at radius 1 is 1.29 bits per heavy atom. The first-order chi connectivity index (χ1) is 8.11. The first-order valence-electron chi connectivity index (χ1n) is 5.35. The van der Waals surface area contributed by atoms with Crippen molar-refractivity contribution in [1.82, 2.24) is 9.78 Å². The molecule has 0 atom stereocenters. The fourth-order valence-electron chi connectivity index (χ4n) is 1.80. The molecule has 2 aromatic rings. The summed E-state index contributed by atoms with van der Waals surface area (Å²) < 4.78 is 1.84. The first kappa shape index (κ1) is 11.9. The molecule has 0 bridgehead atoms. The van der Waals surface area contributed by atoms with Crippen LogP contribution in [-0.4, -0.2) is 16.1 Å². The van der Waals surface area contributed by atoms with E-state index in [1.807, 2.05) is 42.8 Å². The summed E-state index contributed by atoms with van der Waals surface area (Å²) in [6.45, 7) is 4.40. The summed E-state index contributed by atoms with van der Waals surface area (Å²) in [5, 5.41) is 5.07. The van der Waals surface area contributed by atoms with E-state index in [0.717, 1.165) is 28.3 Å². The molecule has 88 valence electrons. The van der Waals surface area contributed by atoms with Gasteiger partial charge in [0.2, 0.25) is 0 Å². The fraction of sp³-hybridized carbons (Fsp3) is 0.231. The van der Waals surface area contributed by atoms with Crippen LogP contribution in [0.5, 0.6) is 0 Å². The van der Waals surface area contributed by atoms with Crippen LogP contribution in [0.3, 0.4) is 0 Å². The van der Waals surface area contributed by atoms with Crippen molar-refractivity contribution in [1.29, 1.82) is 0 Å². The van der Waals surface area contributed by atoms with E-state index in [2.05, 4.69) is 5.10 Å². The monoisotopic (exact) mass is 248 g/mol. The maximum absolute atomic E-state index is 10.9. The lowest BCUT2D eigenvalue weighted by Crippen LogP contribution is -2.04. The number of carbonyl (C=O) groups is 1. The molecule has 0 radical (unpaired) electrons. The van der Waals surface area contributed by atoms with E-state index in [-0.39, 0.29) is 0 Å². The topological polar surface area (TPSA) is 34.9 Å². The van der Waals surface area contributed by atoms with Crippen molar-refractivity contribution in [3.05, 3.63) is 51.8 Å². The molecule has 1 aromatic carbocycles. The minimum atomic E-state index is 0.650. The van der Waals surface area contributed by atoms with E-state index in [0.29, 0.717) is 12.1 Å². The number of hydrogen-bond acceptors (Lipinski definition) is 2. The van der Waals surface area contributed by atoms with Gasteiger partial charge in [-0.25, -0.2) is 0 Å². The summed E-state index contributed by atoms with van der Waals surface area (Å²) in [5.74, 6) is 0. The maximum atomic E-state index is 10.9. The molecule has 0 aliphatic heterocycles. The molecule has 0 aliphatic rings. The van der Waals surface area contributed by atoms with E-state index >= 15 is 0 Å². The van der Waals surface area contributed by atoms with Crippen LogP contribution < -0.4 is 0 Å². The minimum absolute atomic E-state index is 0.650. The third-order valence-electron chi connectivity index (χ3n) is 2.80. The van der Waals surface area contributed by atoms with E-state index < -0.39 is 0 Å². The van der Waals surface area contributed by atoms with Gasteiger partial charge in [0.1, 0.15) is 0 Å². The number of benzene rings is 1. The van der Waals surface area contributed by atoms with Gasteiger partial charge in [-0.2, -0.15) is 5.10 Å². The minimum Gasteiger partial charge on any atom is -0.298 e.